The predicted octanol–water partition coefficient (Wildman–Crippen LogP) is 3.72. The number of aromatic nitrogens is 4. The summed E-state index contributed by atoms with van der Waals surface area (Å²) in [4.78, 5) is 13.2. The molecule has 124 valence electrons. The Hall–Kier alpha value is -3.41. The zero-order valence-corrected chi connectivity index (χ0v) is 13.8. The molecule has 0 radical (unpaired) electrons. The standard InChI is InChI=1S/C19H18N6/c1-25-16-10-6-5-9-15(16)23-19(25)24-18-11-17(21-13-22-18)20-12-14-7-3-2-4-8-14/h2-11,13H,12H2,1H3,(H2,20,21,22,23,24). The Bertz CT molecular complexity index is 993. The lowest BCUT2D eigenvalue weighted by Crippen LogP contribution is -2.04. The fourth-order valence-electron chi connectivity index (χ4n) is 2.68. The lowest BCUT2D eigenvalue weighted by Gasteiger charge is -2.08. The van der Waals surface area contributed by atoms with Gasteiger partial charge in [-0.1, -0.05) is 42.5 Å². The van der Waals surface area contributed by atoms with Gasteiger partial charge in [0.2, 0.25) is 5.95 Å². The molecule has 2 aromatic heterocycles. The van der Waals surface area contributed by atoms with Gasteiger partial charge in [0.25, 0.3) is 0 Å². The van der Waals surface area contributed by atoms with Crippen LogP contribution in [-0.4, -0.2) is 19.5 Å². The first-order chi connectivity index (χ1) is 12.3. The van der Waals surface area contributed by atoms with E-state index in [4.69, 9.17) is 0 Å². The van der Waals surface area contributed by atoms with Gasteiger partial charge in [-0.3, -0.25) is 0 Å². The summed E-state index contributed by atoms with van der Waals surface area (Å²) in [6.45, 7) is 0.712. The van der Waals surface area contributed by atoms with Gasteiger partial charge in [-0.05, 0) is 17.7 Å². The van der Waals surface area contributed by atoms with Crippen molar-refractivity contribution >= 4 is 28.6 Å². The van der Waals surface area contributed by atoms with Gasteiger partial charge in [0.15, 0.2) is 0 Å². The molecule has 0 saturated carbocycles. The molecule has 0 aliphatic rings. The number of para-hydroxylation sites is 2. The normalized spacial score (nSPS) is 10.8. The summed E-state index contributed by atoms with van der Waals surface area (Å²) >= 11 is 0. The molecule has 2 N–H and O–H groups in total. The predicted molar refractivity (Wildman–Crippen MR) is 99.8 cm³/mol. The molecule has 0 saturated heterocycles. The maximum atomic E-state index is 4.60. The van der Waals surface area contributed by atoms with E-state index < -0.39 is 0 Å². The Morgan fingerprint density at radius 3 is 2.52 bits per heavy atom. The van der Waals surface area contributed by atoms with Crippen LogP contribution in [0.1, 0.15) is 5.56 Å². The summed E-state index contributed by atoms with van der Waals surface area (Å²) in [6, 6.07) is 20.1. The highest BCUT2D eigenvalue weighted by Crippen LogP contribution is 2.21. The van der Waals surface area contributed by atoms with Crippen LogP contribution in [0.2, 0.25) is 0 Å². The third kappa shape index (κ3) is 3.28. The molecule has 0 bridgehead atoms. The lowest BCUT2D eigenvalue weighted by atomic mass is 10.2. The molecule has 4 rings (SSSR count). The van der Waals surface area contributed by atoms with Gasteiger partial charge in [-0.2, -0.15) is 0 Å². The Morgan fingerprint density at radius 2 is 1.68 bits per heavy atom. The lowest BCUT2D eigenvalue weighted by molar-refractivity contribution is 0.953. The number of aryl methyl sites for hydroxylation is 1. The van der Waals surface area contributed by atoms with E-state index in [1.165, 1.54) is 11.9 Å². The Morgan fingerprint density at radius 1 is 0.920 bits per heavy atom. The second-order valence-electron chi connectivity index (χ2n) is 5.74. The fraction of sp³-hybridized carbons (Fsp3) is 0.105. The third-order valence-corrected chi connectivity index (χ3v) is 4.01. The van der Waals surface area contributed by atoms with E-state index in [0.717, 1.165) is 22.8 Å². The Labute approximate surface area is 145 Å². The monoisotopic (exact) mass is 330 g/mol. The topological polar surface area (TPSA) is 67.7 Å². The fourth-order valence-corrected chi connectivity index (χ4v) is 2.68. The molecule has 6 heteroatoms. The third-order valence-electron chi connectivity index (χ3n) is 4.01. The molecule has 0 aliphatic carbocycles. The van der Waals surface area contributed by atoms with Gasteiger partial charge in [0.1, 0.15) is 18.0 Å². The van der Waals surface area contributed by atoms with E-state index in [0.29, 0.717) is 12.4 Å². The van der Waals surface area contributed by atoms with E-state index in [9.17, 15) is 0 Å². The van der Waals surface area contributed by atoms with Crippen LogP contribution in [0.4, 0.5) is 17.6 Å². The SMILES string of the molecule is Cn1c(Nc2cc(NCc3ccccc3)ncn2)nc2ccccc21. The number of imidazole rings is 1. The van der Waals surface area contributed by atoms with Gasteiger partial charge in [0.05, 0.1) is 11.0 Å². The van der Waals surface area contributed by atoms with Gasteiger partial charge in [0, 0.05) is 19.7 Å². The van der Waals surface area contributed by atoms with Crippen LogP contribution in [0.15, 0.2) is 67.0 Å². The number of benzene rings is 2. The van der Waals surface area contributed by atoms with Gasteiger partial charge in [-0.15, -0.1) is 0 Å². The number of nitrogens with one attached hydrogen (secondary N) is 2. The summed E-state index contributed by atoms with van der Waals surface area (Å²) < 4.78 is 2.01. The summed E-state index contributed by atoms with van der Waals surface area (Å²) in [6.07, 6.45) is 1.54. The minimum atomic E-state index is 0.698. The van der Waals surface area contributed by atoms with Crippen LogP contribution in [0.3, 0.4) is 0 Å². The second-order valence-corrected chi connectivity index (χ2v) is 5.74. The molecule has 0 spiro atoms. The quantitative estimate of drug-likeness (QED) is 0.584. The van der Waals surface area contributed by atoms with Crippen LogP contribution >= 0.6 is 0 Å². The summed E-state index contributed by atoms with van der Waals surface area (Å²) in [5.74, 6) is 2.21. The van der Waals surface area contributed by atoms with E-state index in [1.807, 2.05) is 60.1 Å². The van der Waals surface area contributed by atoms with Crippen molar-refractivity contribution in [2.24, 2.45) is 7.05 Å². The smallest absolute Gasteiger partial charge is 0.209 e. The van der Waals surface area contributed by atoms with E-state index in [2.05, 4.69) is 37.7 Å². The Kier molecular flexibility index (Phi) is 4.00. The van der Waals surface area contributed by atoms with Crippen molar-refractivity contribution in [2.75, 3.05) is 10.6 Å². The van der Waals surface area contributed by atoms with Crippen LogP contribution in [0, 0.1) is 0 Å². The second kappa shape index (κ2) is 6.60. The van der Waals surface area contributed by atoms with Crippen molar-refractivity contribution in [3.63, 3.8) is 0 Å². The Balaban J connectivity index is 1.52. The first-order valence-electron chi connectivity index (χ1n) is 8.08. The summed E-state index contributed by atoms with van der Waals surface area (Å²) in [5, 5.41) is 6.57. The van der Waals surface area contributed by atoms with E-state index in [-0.39, 0.29) is 0 Å². The molecular weight excluding hydrogens is 312 g/mol. The molecule has 0 amide bonds. The highest BCUT2D eigenvalue weighted by atomic mass is 15.2. The van der Waals surface area contributed by atoms with Gasteiger partial charge in [-0.25, -0.2) is 15.0 Å². The first-order valence-corrected chi connectivity index (χ1v) is 8.08. The van der Waals surface area contributed by atoms with Gasteiger partial charge >= 0.3 is 0 Å². The van der Waals surface area contributed by atoms with Crippen molar-refractivity contribution in [1.82, 2.24) is 19.5 Å². The highest BCUT2D eigenvalue weighted by Gasteiger charge is 2.08. The number of hydrogen-bond donors (Lipinski definition) is 2. The van der Waals surface area contributed by atoms with Crippen molar-refractivity contribution in [1.29, 1.82) is 0 Å². The average Bonchev–Trinajstić information content (AvgIpc) is 2.97. The maximum Gasteiger partial charge on any atom is 0.209 e. The molecule has 0 aliphatic heterocycles. The summed E-state index contributed by atoms with van der Waals surface area (Å²) in [5.41, 5.74) is 3.22. The van der Waals surface area contributed by atoms with Crippen molar-refractivity contribution in [2.45, 2.75) is 6.54 Å². The molecule has 0 unspecified atom stereocenters. The molecule has 25 heavy (non-hydrogen) atoms. The number of hydrogen-bond acceptors (Lipinski definition) is 5. The molecule has 6 nitrogen and oxygen atoms in total. The minimum absolute atomic E-state index is 0.698. The summed E-state index contributed by atoms with van der Waals surface area (Å²) in [7, 11) is 1.98. The van der Waals surface area contributed by atoms with Crippen LogP contribution in [0.25, 0.3) is 11.0 Å². The van der Waals surface area contributed by atoms with Crippen LogP contribution in [-0.2, 0) is 13.6 Å². The average molecular weight is 330 g/mol. The van der Waals surface area contributed by atoms with Crippen LogP contribution < -0.4 is 10.6 Å². The van der Waals surface area contributed by atoms with E-state index >= 15 is 0 Å². The largest absolute Gasteiger partial charge is 0.366 e. The number of fused-ring (bicyclic) bond motifs is 1. The van der Waals surface area contributed by atoms with Crippen LogP contribution in [0.5, 0.6) is 0 Å². The molecule has 0 atom stereocenters. The maximum absolute atomic E-state index is 4.60. The highest BCUT2D eigenvalue weighted by molar-refractivity contribution is 5.79. The van der Waals surface area contributed by atoms with E-state index in [1.54, 1.807) is 0 Å². The zero-order valence-electron chi connectivity index (χ0n) is 13.8. The molecule has 4 aromatic rings. The number of nitrogens with zero attached hydrogens (tertiary/aromatic N) is 4. The zero-order chi connectivity index (χ0) is 17.1. The van der Waals surface area contributed by atoms with Gasteiger partial charge < -0.3 is 15.2 Å². The first kappa shape index (κ1) is 15.1. The van der Waals surface area contributed by atoms with Crippen molar-refractivity contribution < 1.29 is 0 Å². The molecule has 2 heterocycles. The molecular formula is C19H18N6. The molecule has 0 fully saturated rings. The minimum Gasteiger partial charge on any atom is -0.366 e. The van der Waals surface area contributed by atoms with Crippen molar-refractivity contribution in [3.05, 3.63) is 72.6 Å². The number of anilines is 3. The van der Waals surface area contributed by atoms with Crippen molar-refractivity contribution in [3.8, 4) is 0 Å². The molecule has 2 aromatic carbocycles. The number of rotatable bonds is 5.